The number of amides is 1. The first-order chi connectivity index (χ1) is 9.08. The molecule has 0 saturated carbocycles. The predicted molar refractivity (Wildman–Crippen MR) is 73.1 cm³/mol. The van der Waals surface area contributed by atoms with Gasteiger partial charge in [-0.15, -0.1) is 0 Å². The van der Waals surface area contributed by atoms with E-state index in [1.807, 2.05) is 11.8 Å². The summed E-state index contributed by atoms with van der Waals surface area (Å²) in [5, 5.41) is 0. The Bertz CT molecular complexity index is 432. The van der Waals surface area contributed by atoms with Crippen molar-refractivity contribution in [2.75, 3.05) is 13.1 Å². The number of likely N-dealkylation sites (tertiary alicyclic amines) is 1. The predicted octanol–water partition coefficient (Wildman–Crippen LogP) is 1.95. The molecule has 4 heteroatoms. The van der Waals surface area contributed by atoms with E-state index in [0.717, 1.165) is 24.9 Å². The van der Waals surface area contributed by atoms with Crippen molar-refractivity contribution in [1.29, 1.82) is 0 Å². The topological polar surface area (TPSA) is 46.3 Å². The molecule has 3 nitrogen and oxygen atoms in total. The largest absolute Gasteiger partial charge is 0.341 e. The molecule has 1 amide bonds. The van der Waals surface area contributed by atoms with E-state index < -0.39 is 0 Å². The van der Waals surface area contributed by atoms with Crippen LogP contribution in [-0.4, -0.2) is 29.9 Å². The number of benzene rings is 1. The van der Waals surface area contributed by atoms with E-state index in [4.69, 9.17) is 5.73 Å². The van der Waals surface area contributed by atoms with Crippen LogP contribution in [0.4, 0.5) is 4.39 Å². The van der Waals surface area contributed by atoms with Gasteiger partial charge in [-0.2, -0.15) is 0 Å². The maximum absolute atomic E-state index is 12.9. The first-order valence-electron chi connectivity index (χ1n) is 6.86. The zero-order valence-electron chi connectivity index (χ0n) is 11.3. The molecule has 104 valence electrons. The molecule has 2 atom stereocenters. The van der Waals surface area contributed by atoms with Gasteiger partial charge in [-0.1, -0.05) is 19.1 Å². The van der Waals surface area contributed by atoms with Gasteiger partial charge in [0, 0.05) is 25.6 Å². The smallest absolute Gasteiger partial charge is 0.222 e. The molecule has 0 radical (unpaired) electrons. The lowest BCUT2D eigenvalue weighted by Gasteiger charge is -2.36. The Kier molecular flexibility index (Phi) is 4.53. The second-order valence-electron chi connectivity index (χ2n) is 5.34. The highest BCUT2D eigenvalue weighted by molar-refractivity contribution is 5.76. The van der Waals surface area contributed by atoms with Gasteiger partial charge in [0.05, 0.1) is 0 Å². The van der Waals surface area contributed by atoms with Crippen LogP contribution < -0.4 is 5.73 Å². The molecule has 2 rings (SSSR count). The molecule has 1 aliphatic rings. The first-order valence-corrected chi connectivity index (χ1v) is 6.86. The summed E-state index contributed by atoms with van der Waals surface area (Å²) >= 11 is 0. The highest BCUT2D eigenvalue weighted by atomic mass is 19.1. The van der Waals surface area contributed by atoms with Gasteiger partial charge in [0.25, 0.3) is 0 Å². The van der Waals surface area contributed by atoms with Crippen molar-refractivity contribution in [3.63, 3.8) is 0 Å². The van der Waals surface area contributed by atoms with Crippen LogP contribution in [0.25, 0.3) is 0 Å². The molecule has 1 fully saturated rings. The molecule has 1 aliphatic heterocycles. The highest BCUT2D eigenvalue weighted by Gasteiger charge is 2.27. The fourth-order valence-corrected chi connectivity index (χ4v) is 2.78. The molecular formula is C15H21FN2O. The summed E-state index contributed by atoms with van der Waals surface area (Å²) in [4.78, 5) is 13.6. The lowest BCUT2D eigenvalue weighted by molar-refractivity contribution is -0.133. The van der Waals surface area contributed by atoms with E-state index >= 15 is 0 Å². The summed E-state index contributed by atoms with van der Waals surface area (Å²) in [6.45, 7) is 3.29. The third-order valence-corrected chi connectivity index (χ3v) is 3.66. The Morgan fingerprint density at radius 1 is 1.37 bits per heavy atom. The van der Waals surface area contributed by atoms with Crippen molar-refractivity contribution < 1.29 is 9.18 Å². The Labute approximate surface area is 113 Å². The molecule has 0 aromatic heterocycles. The Morgan fingerprint density at radius 2 is 2.05 bits per heavy atom. The molecule has 1 aromatic carbocycles. The van der Waals surface area contributed by atoms with Crippen LogP contribution in [0.3, 0.4) is 0 Å². The average Bonchev–Trinajstić information content (AvgIpc) is 2.40. The van der Waals surface area contributed by atoms with Crippen LogP contribution in [0.1, 0.15) is 25.3 Å². The maximum atomic E-state index is 12.9. The molecule has 1 aromatic rings. The molecule has 1 heterocycles. The number of carbonyl (C=O) groups is 1. The number of nitrogens with two attached hydrogens (primary N) is 1. The van der Waals surface area contributed by atoms with Gasteiger partial charge in [-0.05, 0) is 36.5 Å². The van der Waals surface area contributed by atoms with E-state index in [0.29, 0.717) is 18.9 Å². The molecule has 0 aliphatic carbocycles. The van der Waals surface area contributed by atoms with E-state index in [-0.39, 0.29) is 17.8 Å². The lowest BCUT2D eigenvalue weighted by Crippen LogP contribution is -2.49. The van der Waals surface area contributed by atoms with Crippen molar-refractivity contribution in [1.82, 2.24) is 4.90 Å². The van der Waals surface area contributed by atoms with E-state index in [1.54, 1.807) is 12.1 Å². The van der Waals surface area contributed by atoms with Gasteiger partial charge in [-0.3, -0.25) is 4.79 Å². The molecule has 2 N–H and O–H groups in total. The van der Waals surface area contributed by atoms with Crippen LogP contribution in [0.15, 0.2) is 24.3 Å². The summed E-state index contributed by atoms with van der Waals surface area (Å²) in [6, 6.07) is 6.62. The van der Waals surface area contributed by atoms with Crippen molar-refractivity contribution >= 4 is 5.91 Å². The van der Waals surface area contributed by atoms with Gasteiger partial charge in [0.2, 0.25) is 5.91 Å². The van der Waals surface area contributed by atoms with Crippen LogP contribution in [0.5, 0.6) is 0 Å². The molecular weight excluding hydrogens is 243 g/mol. The van der Waals surface area contributed by atoms with E-state index in [9.17, 15) is 9.18 Å². The van der Waals surface area contributed by atoms with Crippen LogP contribution in [0.2, 0.25) is 0 Å². The Hall–Kier alpha value is -1.42. The standard InChI is InChI=1S/C15H21FN2O/c1-2-15(19)18-9-12(8-14(17)10-18)7-11-3-5-13(16)6-4-11/h3-6,12,14H,2,7-10,17H2,1H3. The van der Waals surface area contributed by atoms with Gasteiger partial charge >= 0.3 is 0 Å². The second-order valence-corrected chi connectivity index (χ2v) is 5.34. The number of nitrogens with zero attached hydrogens (tertiary/aromatic N) is 1. The molecule has 0 spiro atoms. The number of hydrogen-bond donors (Lipinski definition) is 1. The molecule has 2 unspecified atom stereocenters. The van der Waals surface area contributed by atoms with Gasteiger partial charge in [0.15, 0.2) is 0 Å². The molecule has 0 bridgehead atoms. The van der Waals surface area contributed by atoms with Crippen LogP contribution >= 0.6 is 0 Å². The van der Waals surface area contributed by atoms with E-state index in [1.165, 1.54) is 12.1 Å². The Balaban J connectivity index is 1.99. The second kappa shape index (κ2) is 6.15. The van der Waals surface area contributed by atoms with Crippen molar-refractivity contribution in [2.45, 2.75) is 32.2 Å². The van der Waals surface area contributed by atoms with Crippen LogP contribution in [-0.2, 0) is 11.2 Å². The van der Waals surface area contributed by atoms with Crippen LogP contribution in [0, 0.1) is 11.7 Å². The fourth-order valence-electron chi connectivity index (χ4n) is 2.78. The highest BCUT2D eigenvalue weighted by Crippen LogP contribution is 2.21. The summed E-state index contributed by atoms with van der Waals surface area (Å²) < 4.78 is 12.9. The minimum Gasteiger partial charge on any atom is -0.341 e. The maximum Gasteiger partial charge on any atom is 0.222 e. The summed E-state index contributed by atoms with van der Waals surface area (Å²) in [6.07, 6.45) is 2.29. The fraction of sp³-hybridized carbons (Fsp3) is 0.533. The molecule has 19 heavy (non-hydrogen) atoms. The number of halogens is 1. The summed E-state index contributed by atoms with van der Waals surface area (Å²) in [5.41, 5.74) is 7.13. The Morgan fingerprint density at radius 3 is 2.68 bits per heavy atom. The third kappa shape index (κ3) is 3.77. The first kappa shape index (κ1) is 14.0. The van der Waals surface area contributed by atoms with Crippen molar-refractivity contribution in [3.8, 4) is 0 Å². The number of piperidine rings is 1. The van der Waals surface area contributed by atoms with Gasteiger partial charge in [-0.25, -0.2) is 4.39 Å². The zero-order valence-corrected chi connectivity index (χ0v) is 11.3. The number of rotatable bonds is 3. The monoisotopic (exact) mass is 264 g/mol. The van der Waals surface area contributed by atoms with Crippen molar-refractivity contribution in [2.24, 2.45) is 11.7 Å². The zero-order chi connectivity index (χ0) is 13.8. The molecule has 1 saturated heterocycles. The SMILES string of the molecule is CCC(=O)N1CC(N)CC(Cc2ccc(F)cc2)C1. The summed E-state index contributed by atoms with van der Waals surface area (Å²) in [5.74, 6) is 0.316. The normalized spacial score (nSPS) is 23.4. The quantitative estimate of drug-likeness (QED) is 0.907. The average molecular weight is 264 g/mol. The van der Waals surface area contributed by atoms with Gasteiger partial charge in [0.1, 0.15) is 5.82 Å². The lowest BCUT2D eigenvalue weighted by atomic mass is 9.89. The minimum atomic E-state index is -0.216. The minimum absolute atomic E-state index is 0.0506. The van der Waals surface area contributed by atoms with Crippen molar-refractivity contribution in [3.05, 3.63) is 35.6 Å². The number of hydrogen-bond acceptors (Lipinski definition) is 2. The number of carbonyl (C=O) groups excluding carboxylic acids is 1. The van der Waals surface area contributed by atoms with Gasteiger partial charge < -0.3 is 10.6 Å². The summed E-state index contributed by atoms with van der Waals surface area (Å²) in [7, 11) is 0. The third-order valence-electron chi connectivity index (χ3n) is 3.66. The van der Waals surface area contributed by atoms with E-state index in [2.05, 4.69) is 0 Å².